The van der Waals surface area contributed by atoms with Crippen LogP contribution in [0.15, 0.2) is 12.1 Å². The molecule has 1 aromatic rings. The van der Waals surface area contributed by atoms with E-state index in [1.807, 2.05) is 22.6 Å². The van der Waals surface area contributed by atoms with Crippen molar-refractivity contribution in [2.24, 2.45) is 0 Å². The van der Waals surface area contributed by atoms with E-state index in [-0.39, 0.29) is 12.4 Å². The summed E-state index contributed by atoms with van der Waals surface area (Å²) in [6.45, 7) is 3.09. The highest BCUT2D eigenvalue weighted by Crippen LogP contribution is 2.27. The summed E-state index contributed by atoms with van der Waals surface area (Å²) in [4.78, 5) is 0. The lowest BCUT2D eigenvalue weighted by molar-refractivity contribution is 0.186. The first kappa shape index (κ1) is 17.6. The smallest absolute Gasteiger partial charge is 0.178 e. The molecule has 0 bridgehead atoms. The molecule has 0 saturated carbocycles. The molecule has 1 aromatic carbocycles. The summed E-state index contributed by atoms with van der Waals surface area (Å²) in [5.41, 5.74) is 0.836. The molecular formula is C15H20F3IO. The Morgan fingerprint density at radius 2 is 2.00 bits per heavy atom. The second kappa shape index (κ2) is 8.74. The van der Waals surface area contributed by atoms with Crippen molar-refractivity contribution in [2.75, 3.05) is 6.61 Å². The molecule has 2 unspecified atom stereocenters. The number of hydrogen-bond donors (Lipinski definition) is 0. The Balaban J connectivity index is 2.66. The van der Waals surface area contributed by atoms with Gasteiger partial charge < -0.3 is 4.74 Å². The number of halogens is 4. The monoisotopic (exact) mass is 400 g/mol. The predicted molar refractivity (Wildman–Crippen MR) is 83.3 cm³/mol. The highest BCUT2D eigenvalue weighted by Gasteiger charge is 2.14. The molecule has 2 atom stereocenters. The molecule has 20 heavy (non-hydrogen) atoms. The van der Waals surface area contributed by atoms with Gasteiger partial charge in [0.1, 0.15) is 12.8 Å². The second-order valence-electron chi connectivity index (χ2n) is 4.84. The van der Waals surface area contributed by atoms with Crippen LogP contribution in [0.25, 0.3) is 0 Å². The average Bonchev–Trinajstić information content (AvgIpc) is 2.41. The molecule has 0 spiro atoms. The van der Waals surface area contributed by atoms with E-state index in [1.54, 1.807) is 13.0 Å². The van der Waals surface area contributed by atoms with E-state index in [0.717, 1.165) is 5.56 Å². The van der Waals surface area contributed by atoms with Gasteiger partial charge in [-0.25, -0.2) is 13.2 Å². The third-order valence-electron chi connectivity index (χ3n) is 3.04. The topological polar surface area (TPSA) is 9.23 Å². The number of ether oxygens (including phenoxy) is 1. The normalized spacial score (nSPS) is 14.1. The van der Waals surface area contributed by atoms with Crippen molar-refractivity contribution < 1.29 is 17.9 Å². The first-order valence-electron chi connectivity index (χ1n) is 6.83. The zero-order valence-corrected chi connectivity index (χ0v) is 13.9. The van der Waals surface area contributed by atoms with Crippen molar-refractivity contribution in [2.45, 2.75) is 51.9 Å². The molecule has 0 N–H and O–H groups in total. The van der Waals surface area contributed by atoms with Gasteiger partial charge in [-0.1, -0.05) is 13.0 Å². The van der Waals surface area contributed by atoms with Crippen LogP contribution < -0.4 is 4.74 Å². The Morgan fingerprint density at radius 1 is 1.30 bits per heavy atom. The largest absolute Gasteiger partial charge is 0.487 e. The molecule has 0 heterocycles. The Hall–Kier alpha value is -0.460. The van der Waals surface area contributed by atoms with Crippen LogP contribution in [-0.2, 0) is 6.42 Å². The van der Waals surface area contributed by atoms with E-state index >= 15 is 0 Å². The fraction of sp³-hybridized carbons (Fsp3) is 0.600. The Morgan fingerprint density at radius 3 is 2.60 bits per heavy atom. The van der Waals surface area contributed by atoms with Gasteiger partial charge in [-0.05, 0) is 66.8 Å². The molecule has 114 valence electrons. The summed E-state index contributed by atoms with van der Waals surface area (Å²) in [5, 5.41) is 0. The lowest BCUT2D eigenvalue weighted by Crippen LogP contribution is -2.12. The van der Waals surface area contributed by atoms with Crippen molar-refractivity contribution in [3.05, 3.63) is 27.1 Å². The first-order valence-corrected chi connectivity index (χ1v) is 7.91. The lowest BCUT2D eigenvalue weighted by atomic mass is 10.1. The molecule has 5 heteroatoms. The molecule has 0 aliphatic carbocycles. The highest BCUT2D eigenvalue weighted by molar-refractivity contribution is 14.1. The maximum atomic E-state index is 14.1. The van der Waals surface area contributed by atoms with E-state index in [0.29, 0.717) is 29.3 Å². The molecule has 0 aromatic heterocycles. The minimum Gasteiger partial charge on any atom is -0.487 e. The van der Waals surface area contributed by atoms with Crippen LogP contribution in [-0.4, -0.2) is 19.0 Å². The summed E-state index contributed by atoms with van der Waals surface area (Å²) in [6.07, 6.45) is 0.197. The fourth-order valence-corrected chi connectivity index (χ4v) is 2.46. The molecule has 0 amide bonds. The van der Waals surface area contributed by atoms with Gasteiger partial charge in [0.2, 0.25) is 0 Å². The lowest BCUT2D eigenvalue weighted by Gasteiger charge is -2.12. The Labute approximate surface area is 132 Å². The molecule has 1 nitrogen and oxygen atoms in total. The number of rotatable bonds is 8. The highest BCUT2D eigenvalue weighted by atomic mass is 127. The van der Waals surface area contributed by atoms with Gasteiger partial charge in [0, 0.05) is 0 Å². The van der Waals surface area contributed by atoms with Crippen molar-refractivity contribution >= 4 is 22.6 Å². The summed E-state index contributed by atoms with van der Waals surface area (Å²) >= 11 is 1.91. The SMILES string of the molecule is CCC(F)COc1ccc(CCCC(C)F)c(I)c1F. The molecule has 0 fully saturated rings. The van der Waals surface area contributed by atoms with Crippen LogP contribution in [0.4, 0.5) is 13.2 Å². The van der Waals surface area contributed by atoms with Gasteiger partial charge >= 0.3 is 0 Å². The molecule has 1 rings (SSSR count). The molecule has 0 aliphatic heterocycles. The number of alkyl halides is 2. The van der Waals surface area contributed by atoms with Crippen molar-refractivity contribution in [1.82, 2.24) is 0 Å². The van der Waals surface area contributed by atoms with Crippen LogP contribution in [0.3, 0.4) is 0 Å². The van der Waals surface area contributed by atoms with Gasteiger partial charge in [-0.15, -0.1) is 0 Å². The Kier molecular flexibility index (Phi) is 7.69. The summed E-state index contributed by atoms with van der Waals surface area (Å²) in [6, 6.07) is 3.29. The average molecular weight is 400 g/mol. The number of benzene rings is 1. The minimum atomic E-state index is -1.09. The maximum Gasteiger partial charge on any atom is 0.178 e. The van der Waals surface area contributed by atoms with Gasteiger partial charge in [-0.2, -0.15) is 0 Å². The Bertz CT molecular complexity index is 424. The third-order valence-corrected chi connectivity index (χ3v) is 4.20. The summed E-state index contributed by atoms with van der Waals surface area (Å²) in [7, 11) is 0. The minimum absolute atomic E-state index is 0.0770. The van der Waals surface area contributed by atoms with Crippen LogP contribution in [0.1, 0.15) is 38.7 Å². The van der Waals surface area contributed by atoms with E-state index in [4.69, 9.17) is 4.74 Å². The zero-order chi connectivity index (χ0) is 15.1. The summed E-state index contributed by atoms with van der Waals surface area (Å²) in [5.74, 6) is -0.382. The quantitative estimate of drug-likeness (QED) is 0.543. The van der Waals surface area contributed by atoms with Crippen LogP contribution >= 0.6 is 22.6 Å². The second-order valence-corrected chi connectivity index (χ2v) is 5.92. The van der Waals surface area contributed by atoms with Crippen LogP contribution in [0, 0.1) is 9.39 Å². The number of aryl methyl sites for hydroxylation is 1. The first-order chi connectivity index (χ1) is 9.45. The fourth-order valence-electron chi connectivity index (χ4n) is 1.75. The van der Waals surface area contributed by atoms with E-state index in [9.17, 15) is 13.2 Å². The molecular weight excluding hydrogens is 380 g/mol. The molecule has 0 saturated heterocycles. The maximum absolute atomic E-state index is 14.1. The van der Waals surface area contributed by atoms with Crippen molar-refractivity contribution in [3.8, 4) is 5.75 Å². The van der Waals surface area contributed by atoms with E-state index in [2.05, 4.69) is 0 Å². The third kappa shape index (κ3) is 5.50. The zero-order valence-electron chi connectivity index (χ0n) is 11.8. The predicted octanol–water partition coefficient (Wildman–Crippen LogP) is 5.24. The van der Waals surface area contributed by atoms with Crippen molar-refractivity contribution in [1.29, 1.82) is 0 Å². The standard InChI is InChI=1S/C15H20F3IO/c1-3-12(17)9-20-13-8-7-11(15(19)14(13)18)6-4-5-10(2)16/h7-8,10,12H,3-6,9H2,1-2H3. The van der Waals surface area contributed by atoms with Crippen molar-refractivity contribution in [3.63, 3.8) is 0 Å². The van der Waals surface area contributed by atoms with Crippen LogP contribution in [0.5, 0.6) is 5.75 Å². The molecule has 0 radical (unpaired) electrons. The number of hydrogen-bond acceptors (Lipinski definition) is 1. The van der Waals surface area contributed by atoms with Gasteiger partial charge in [0.25, 0.3) is 0 Å². The van der Waals surface area contributed by atoms with Crippen LogP contribution in [0.2, 0.25) is 0 Å². The molecule has 0 aliphatic rings. The van der Waals surface area contributed by atoms with E-state index < -0.39 is 18.2 Å². The summed E-state index contributed by atoms with van der Waals surface area (Å²) < 4.78 is 45.5. The van der Waals surface area contributed by atoms with Gasteiger partial charge in [0.15, 0.2) is 11.6 Å². The van der Waals surface area contributed by atoms with Gasteiger partial charge in [-0.3, -0.25) is 0 Å². The van der Waals surface area contributed by atoms with E-state index in [1.165, 1.54) is 13.0 Å². The van der Waals surface area contributed by atoms with Gasteiger partial charge in [0.05, 0.1) is 9.74 Å².